The van der Waals surface area contributed by atoms with Crippen molar-refractivity contribution in [3.05, 3.63) is 63.9 Å². The fourth-order valence-electron chi connectivity index (χ4n) is 4.75. The van der Waals surface area contributed by atoms with Crippen LogP contribution in [0.1, 0.15) is 11.5 Å². The highest BCUT2D eigenvalue weighted by Crippen LogP contribution is 2.36. The van der Waals surface area contributed by atoms with Crippen molar-refractivity contribution < 1.29 is 27.1 Å². The zero-order chi connectivity index (χ0) is 24.7. The van der Waals surface area contributed by atoms with Crippen molar-refractivity contribution in [2.45, 2.75) is 10.8 Å². The maximum atomic E-state index is 14.7. The number of nitrogens with one attached hydrogen (secondary N) is 1. The van der Waals surface area contributed by atoms with Gasteiger partial charge in [0, 0.05) is 44.4 Å². The Kier molecular flexibility index (Phi) is 6.47. The van der Waals surface area contributed by atoms with Gasteiger partial charge in [-0.2, -0.15) is 4.31 Å². The van der Waals surface area contributed by atoms with Gasteiger partial charge in [-0.3, -0.25) is 4.79 Å². The molecule has 0 saturated heterocycles. The second kappa shape index (κ2) is 9.42. The first-order valence-electron chi connectivity index (χ1n) is 11.3. The number of hydrogen-bond donors (Lipinski definition) is 1. The summed E-state index contributed by atoms with van der Waals surface area (Å²) in [6.07, 6.45) is 0. The Balaban J connectivity index is 1.29. The van der Waals surface area contributed by atoms with Crippen LogP contribution in [0.5, 0.6) is 11.5 Å². The minimum atomic E-state index is -3.75. The van der Waals surface area contributed by atoms with E-state index in [-0.39, 0.29) is 41.0 Å². The molecule has 35 heavy (non-hydrogen) atoms. The molecule has 0 unspecified atom stereocenters. The average molecular weight is 522 g/mol. The number of halogens is 2. The monoisotopic (exact) mass is 521 g/mol. The topological polar surface area (TPSA) is 88.2 Å². The second-order valence-electron chi connectivity index (χ2n) is 8.73. The molecule has 0 saturated carbocycles. The van der Waals surface area contributed by atoms with Crippen molar-refractivity contribution in [1.82, 2.24) is 14.5 Å². The number of hydrogen-bond acceptors (Lipinski definition) is 6. The van der Waals surface area contributed by atoms with E-state index in [2.05, 4.69) is 5.32 Å². The van der Waals surface area contributed by atoms with E-state index in [0.29, 0.717) is 37.8 Å². The van der Waals surface area contributed by atoms with Crippen LogP contribution in [0.15, 0.2) is 52.4 Å². The summed E-state index contributed by atoms with van der Waals surface area (Å²) >= 11 is 5.94. The summed E-state index contributed by atoms with van der Waals surface area (Å²) in [7, 11) is -2.05. The van der Waals surface area contributed by atoms with Crippen molar-refractivity contribution in [3.8, 4) is 11.5 Å². The number of benzene rings is 2. The Labute approximate surface area is 208 Å². The van der Waals surface area contributed by atoms with Crippen LogP contribution in [-0.4, -0.2) is 76.5 Å². The molecule has 0 aliphatic carbocycles. The SMILES string of the molecule is CNC[C@H](C(=O)N1CC2=C(C1)CN(S(=O)(=O)c1ccc3c(c1)OCCO3)C2)c1cccc(Cl)c1F. The highest BCUT2D eigenvalue weighted by Gasteiger charge is 2.39. The first kappa shape index (κ1) is 24.1. The van der Waals surface area contributed by atoms with E-state index in [1.165, 1.54) is 22.5 Å². The maximum absolute atomic E-state index is 14.7. The molecule has 5 rings (SSSR count). The molecule has 1 amide bonds. The summed E-state index contributed by atoms with van der Waals surface area (Å²) in [5.41, 5.74) is 2.04. The highest BCUT2D eigenvalue weighted by molar-refractivity contribution is 7.89. The molecule has 186 valence electrons. The maximum Gasteiger partial charge on any atom is 0.243 e. The van der Waals surface area contributed by atoms with Crippen LogP contribution < -0.4 is 14.8 Å². The van der Waals surface area contributed by atoms with Crippen LogP contribution in [0.25, 0.3) is 0 Å². The Bertz CT molecular complexity index is 1300. The summed E-state index contributed by atoms with van der Waals surface area (Å²) in [4.78, 5) is 15.2. The van der Waals surface area contributed by atoms with Gasteiger partial charge in [0.25, 0.3) is 0 Å². The summed E-state index contributed by atoms with van der Waals surface area (Å²) in [5, 5.41) is 2.93. The number of amides is 1. The lowest BCUT2D eigenvalue weighted by Crippen LogP contribution is -2.40. The lowest BCUT2D eigenvalue weighted by atomic mass is 9.96. The molecule has 1 atom stereocenters. The van der Waals surface area contributed by atoms with E-state index in [4.69, 9.17) is 21.1 Å². The van der Waals surface area contributed by atoms with Gasteiger partial charge >= 0.3 is 0 Å². The minimum Gasteiger partial charge on any atom is -0.486 e. The van der Waals surface area contributed by atoms with Crippen LogP contribution in [0.4, 0.5) is 4.39 Å². The van der Waals surface area contributed by atoms with Crippen LogP contribution in [0, 0.1) is 5.82 Å². The van der Waals surface area contributed by atoms with Crippen LogP contribution >= 0.6 is 11.6 Å². The summed E-state index contributed by atoms with van der Waals surface area (Å²) in [6, 6.07) is 9.26. The predicted molar refractivity (Wildman–Crippen MR) is 128 cm³/mol. The normalized spacial score (nSPS) is 18.7. The van der Waals surface area contributed by atoms with Gasteiger partial charge in [-0.15, -0.1) is 0 Å². The first-order chi connectivity index (χ1) is 16.8. The van der Waals surface area contributed by atoms with Gasteiger partial charge in [0.05, 0.1) is 15.8 Å². The molecule has 2 aromatic carbocycles. The van der Waals surface area contributed by atoms with Gasteiger partial charge in [-0.1, -0.05) is 23.7 Å². The molecule has 0 spiro atoms. The molecule has 3 aliphatic heterocycles. The number of nitrogens with zero attached hydrogens (tertiary/aromatic N) is 2. The summed E-state index contributed by atoms with van der Waals surface area (Å²) in [6.45, 7) is 2.08. The standard InChI is InChI=1S/C24H25ClFN3O5S/c1-27-10-19(18-3-2-4-20(25)23(18)26)24(30)28-11-15-13-29(14-16(15)12-28)35(31,32)17-5-6-21-22(9-17)34-8-7-33-21/h2-6,9,19,27H,7-8,10-14H2,1H3/t19-/m0/s1. The highest BCUT2D eigenvalue weighted by atomic mass is 35.5. The number of likely N-dealkylation sites (N-methyl/N-ethyl adjacent to an activating group) is 1. The third-order valence-corrected chi connectivity index (χ3v) is 8.60. The molecular formula is C24H25ClFN3O5S. The van der Waals surface area contributed by atoms with Gasteiger partial charge in [0.15, 0.2) is 11.5 Å². The molecule has 0 aromatic heterocycles. The van der Waals surface area contributed by atoms with Gasteiger partial charge < -0.3 is 19.7 Å². The fourth-order valence-corrected chi connectivity index (χ4v) is 6.38. The molecular weight excluding hydrogens is 497 g/mol. The van der Waals surface area contributed by atoms with E-state index >= 15 is 0 Å². The number of sulfonamides is 1. The average Bonchev–Trinajstić information content (AvgIpc) is 3.44. The van der Waals surface area contributed by atoms with Crippen molar-refractivity contribution in [2.75, 3.05) is 53.0 Å². The molecule has 0 radical (unpaired) electrons. The minimum absolute atomic E-state index is 0.0292. The second-order valence-corrected chi connectivity index (χ2v) is 11.1. The zero-order valence-electron chi connectivity index (χ0n) is 19.1. The van der Waals surface area contributed by atoms with Gasteiger partial charge in [-0.25, -0.2) is 12.8 Å². The van der Waals surface area contributed by atoms with Crippen molar-refractivity contribution in [1.29, 1.82) is 0 Å². The van der Waals surface area contributed by atoms with Crippen molar-refractivity contribution >= 4 is 27.5 Å². The van der Waals surface area contributed by atoms with E-state index < -0.39 is 21.8 Å². The van der Waals surface area contributed by atoms with Gasteiger partial charge in [0.1, 0.15) is 19.0 Å². The van der Waals surface area contributed by atoms with Crippen LogP contribution in [0.3, 0.4) is 0 Å². The molecule has 11 heteroatoms. The summed E-state index contributed by atoms with van der Waals surface area (Å²) in [5.74, 6) is -0.622. The quantitative estimate of drug-likeness (QED) is 0.587. The number of ether oxygens (including phenoxy) is 2. The van der Waals surface area contributed by atoms with E-state index in [0.717, 1.165) is 11.1 Å². The predicted octanol–water partition coefficient (Wildman–Crippen LogP) is 2.40. The largest absolute Gasteiger partial charge is 0.486 e. The first-order valence-corrected chi connectivity index (χ1v) is 13.1. The third kappa shape index (κ3) is 4.40. The van der Waals surface area contributed by atoms with E-state index in [1.54, 1.807) is 30.1 Å². The molecule has 3 aliphatic rings. The van der Waals surface area contributed by atoms with Crippen molar-refractivity contribution in [3.63, 3.8) is 0 Å². The number of rotatable bonds is 6. The molecule has 0 bridgehead atoms. The van der Waals surface area contributed by atoms with Gasteiger partial charge in [0.2, 0.25) is 15.9 Å². The fraction of sp³-hybridized carbons (Fsp3) is 0.375. The van der Waals surface area contributed by atoms with E-state index in [9.17, 15) is 17.6 Å². The Hall–Kier alpha value is -2.66. The lowest BCUT2D eigenvalue weighted by molar-refractivity contribution is -0.131. The molecule has 1 N–H and O–H groups in total. The Morgan fingerprint density at radius 3 is 2.46 bits per heavy atom. The molecule has 2 aromatic rings. The summed E-state index contributed by atoms with van der Waals surface area (Å²) < 4.78 is 53.6. The number of carbonyl (C=O) groups excluding carboxylic acids is 1. The number of carbonyl (C=O) groups is 1. The molecule has 0 fully saturated rings. The van der Waals surface area contributed by atoms with Crippen LogP contribution in [0.2, 0.25) is 5.02 Å². The zero-order valence-corrected chi connectivity index (χ0v) is 20.7. The Morgan fingerprint density at radius 1 is 1.09 bits per heavy atom. The number of fused-ring (bicyclic) bond motifs is 1. The van der Waals surface area contributed by atoms with Crippen LogP contribution in [-0.2, 0) is 14.8 Å². The van der Waals surface area contributed by atoms with Gasteiger partial charge in [-0.05, 0) is 36.4 Å². The Morgan fingerprint density at radius 2 is 1.77 bits per heavy atom. The third-order valence-electron chi connectivity index (χ3n) is 6.52. The van der Waals surface area contributed by atoms with E-state index in [1.807, 2.05) is 0 Å². The smallest absolute Gasteiger partial charge is 0.243 e. The lowest BCUT2D eigenvalue weighted by Gasteiger charge is -2.27. The molecule has 8 nitrogen and oxygen atoms in total. The molecule has 3 heterocycles. The van der Waals surface area contributed by atoms with Crippen molar-refractivity contribution in [2.24, 2.45) is 0 Å².